The molecule has 2 aromatic carbocycles. The minimum absolute atomic E-state index is 0.0276. The van der Waals surface area contributed by atoms with Crippen LogP contribution in [0.5, 0.6) is 0 Å². The lowest BCUT2D eigenvalue weighted by atomic mass is 10.1. The summed E-state index contributed by atoms with van der Waals surface area (Å²) in [4.78, 5) is 3.19. The standard InChI is InChI=1S/C12H6F3NO2S/c13-12(14,15)19(17,18)10-3-1-2-8-7-4-5-9(11(8)10)16-6-7/h1-6H. The lowest BCUT2D eigenvalue weighted by Gasteiger charge is -2.13. The van der Waals surface area contributed by atoms with Crippen molar-refractivity contribution in [3.05, 3.63) is 36.5 Å². The number of benzene rings is 2. The molecular formula is C12H6F3NO2S. The molecule has 0 radical (unpaired) electrons. The van der Waals surface area contributed by atoms with Gasteiger partial charge in [-0.15, -0.1) is 0 Å². The third-order valence-electron chi connectivity index (χ3n) is 2.95. The normalized spacial score (nSPS) is 13.4. The Morgan fingerprint density at radius 3 is 2.37 bits per heavy atom. The van der Waals surface area contributed by atoms with E-state index < -0.39 is 20.2 Å². The maximum Gasteiger partial charge on any atom is 0.501 e. The summed E-state index contributed by atoms with van der Waals surface area (Å²) >= 11 is 0. The Morgan fingerprint density at radius 1 is 1.05 bits per heavy atom. The van der Waals surface area contributed by atoms with Gasteiger partial charge >= 0.3 is 5.51 Å². The number of halogens is 3. The second kappa shape index (κ2) is 3.57. The largest absolute Gasteiger partial charge is 0.501 e. The van der Waals surface area contributed by atoms with Gasteiger partial charge in [0.25, 0.3) is 9.84 Å². The number of pyridine rings is 2. The van der Waals surface area contributed by atoms with Gasteiger partial charge in [-0.05, 0) is 17.5 Å². The van der Waals surface area contributed by atoms with Gasteiger partial charge in [0.1, 0.15) is 0 Å². The number of fused-ring (bicyclic) bond motifs is 2. The van der Waals surface area contributed by atoms with Crippen molar-refractivity contribution in [1.82, 2.24) is 4.98 Å². The zero-order valence-corrected chi connectivity index (χ0v) is 10.1. The summed E-state index contributed by atoms with van der Waals surface area (Å²) in [6.07, 6.45) is 1.50. The SMILES string of the molecule is O=S(=O)(c1cccc2c3ccc(nc3)c12)C(F)(F)F. The summed E-state index contributed by atoms with van der Waals surface area (Å²) in [5.74, 6) is 0. The monoisotopic (exact) mass is 285 g/mol. The molecule has 0 amide bonds. The molecule has 0 aliphatic rings. The molecule has 7 heteroatoms. The van der Waals surface area contributed by atoms with Crippen LogP contribution >= 0.6 is 0 Å². The molecule has 0 unspecified atom stereocenters. The first kappa shape index (κ1) is 12.2. The van der Waals surface area contributed by atoms with Crippen LogP contribution in [0.25, 0.3) is 21.7 Å². The van der Waals surface area contributed by atoms with Crippen LogP contribution < -0.4 is 0 Å². The summed E-state index contributed by atoms with van der Waals surface area (Å²) in [7, 11) is -5.38. The molecule has 2 heterocycles. The molecule has 0 atom stereocenters. The van der Waals surface area contributed by atoms with Gasteiger partial charge < -0.3 is 0 Å². The quantitative estimate of drug-likeness (QED) is 0.690. The van der Waals surface area contributed by atoms with Crippen molar-refractivity contribution >= 4 is 31.5 Å². The van der Waals surface area contributed by atoms with E-state index in [1.807, 2.05) is 0 Å². The highest BCUT2D eigenvalue weighted by molar-refractivity contribution is 7.92. The number of sulfone groups is 1. The van der Waals surface area contributed by atoms with Crippen molar-refractivity contribution in [1.29, 1.82) is 0 Å². The second-order valence-electron chi connectivity index (χ2n) is 4.06. The average Bonchev–Trinajstić information content (AvgIpc) is 2.38. The highest BCUT2D eigenvalue weighted by Gasteiger charge is 2.47. The van der Waals surface area contributed by atoms with Crippen molar-refractivity contribution in [2.24, 2.45) is 0 Å². The lowest BCUT2D eigenvalue weighted by Crippen LogP contribution is -2.23. The molecule has 0 aliphatic heterocycles. The van der Waals surface area contributed by atoms with E-state index >= 15 is 0 Å². The van der Waals surface area contributed by atoms with E-state index in [2.05, 4.69) is 4.98 Å². The van der Waals surface area contributed by atoms with Gasteiger partial charge in [0, 0.05) is 17.0 Å². The van der Waals surface area contributed by atoms with E-state index in [-0.39, 0.29) is 10.9 Å². The third-order valence-corrected chi connectivity index (χ3v) is 4.48. The zero-order chi connectivity index (χ0) is 13.8. The van der Waals surface area contributed by atoms with E-state index in [1.54, 1.807) is 12.1 Å². The smallest absolute Gasteiger partial charge is 0.256 e. The van der Waals surface area contributed by atoms with Crippen molar-refractivity contribution in [3.8, 4) is 0 Å². The number of hydrogen-bond acceptors (Lipinski definition) is 3. The number of rotatable bonds is 1. The molecule has 0 saturated heterocycles. The fourth-order valence-electron chi connectivity index (χ4n) is 2.09. The Balaban J connectivity index is 2.49. The van der Waals surface area contributed by atoms with Crippen LogP contribution in [-0.2, 0) is 9.84 Å². The Bertz CT molecular complexity index is 851. The second-order valence-corrected chi connectivity index (χ2v) is 5.97. The molecule has 4 aromatic rings. The Hall–Kier alpha value is -1.89. The van der Waals surface area contributed by atoms with Crippen LogP contribution in [0, 0.1) is 0 Å². The van der Waals surface area contributed by atoms with Crippen molar-refractivity contribution in [2.75, 3.05) is 0 Å². The summed E-state index contributed by atoms with van der Waals surface area (Å²) in [6, 6.07) is 7.03. The van der Waals surface area contributed by atoms with Gasteiger partial charge in [-0.25, -0.2) is 8.42 Å². The Kier molecular flexibility index (Phi) is 2.28. The van der Waals surface area contributed by atoms with Gasteiger partial charge in [-0.2, -0.15) is 13.2 Å². The van der Waals surface area contributed by atoms with Crippen LogP contribution in [0.4, 0.5) is 13.2 Å². The summed E-state index contributed by atoms with van der Waals surface area (Å²) in [5.41, 5.74) is -5.09. The summed E-state index contributed by atoms with van der Waals surface area (Å²) in [5, 5.41) is 1.09. The van der Waals surface area contributed by atoms with Crippen molar-refractivity contribution in [2.45, 2.75) is 10.4 Å². The molecule has 2 bridgehead atoms. The van der Waals surface area contributed by atoms with Crippen LogP contribution in [-0.4, -0.2) is 18.9 Å². The zero-order valence-electron chi connectivity index (χ0n) is 9.27. The molecule has 19 heavy (non-hydrogen) atoms. The van der Waals surface area contributed by atoms with E-state index in [0.29, 0.717) is 10.8 Å². The molecular weight excluding hydrogens is 279 g/mol. The molecule has 0 spiro atoms. The molecule has 0 fully saturated rings. The average molecular weight is 285 g/mol. The lowest BCUT2D eigenvalue weighted by molar-refractivity contribution is -0.0435. The molecule has 0 N–H and O–H groups in total. The fourth-order valence-corrected chi connectivity index (χ4v) is 3.08. The number of nitrogens with zero attached hydrogens (tertiary/aromatic N) is 1. The predicted octanol–water partition coefficient (Wildman–Crippen LogP) is 3.12. The minimum Gasteiger partial charge on any atom is -0.256 e. The van der Waals surface area contributed by atoms with Crippen LogP contribution in [0.15, 0.2) is 41.4 Å². The number of alkyl halides is 3. The first-order valence-corrected chi connectivity index (χ1v) is 6.72. The fraction of sp³-hybridized carbons (Fsp3) is 0.0833. The highest BCUT2D eigenvalue weighted by Crippen LogP contribution is 2.37. The Labute approximate surface area is 105 Å². The highest BCUT2D eigenvalue weighted by atomic mass is 32.2. The van der Waals surface area contributed by atoms with Gasteiger partial charge in [-0.1, -0.05) is 18.2 Å². The number of hydrogen-bond donors (Lipinski definition) is 0. The van der Waals surface area contributed by atoms with E-state index in [1.165, 1.54) is 18.3 Å². The maximum absolute atomic E-state index is 12.7. The predicted molar refractivity (Wildman–Crippen MR) is 63.7 cm³/mol. The molecule has 2 aromatic heterocycles. The summed E-state index contributed by atoms with van der Waals surface area (Å²) < 4.78 is 61.2. The van der Waals surface area contributed by atoms with Crippen LogP contribution in [0.1, 0.15) is 0 Å². The molecule has 0 saturated carbocycles. The van der Waals surface area contributed by atoms with Crippen molar-refractivity contribution in [3.63, 3.8) is 0 Å². The first-order chi connectivity index (χ1) is 8.82. The maximum atomic E-state index is 12.7. The van der Waals surface area contributed by atoms with Gasteiger partial charge in [0.2, 0.25) is 0 Å². The first-order valence-electron chi connectivity index (χ1n) is 5.23. The van der Waals surface area contributed by atoms with E-state index in [4.69, 9.17) is 0 Å². The number of aromatic nitrogens is 1. The summed E-state index contributed by atoms with van der Waals surface area (Å²) in [6.45, 7) is 0. The topological polar surface area (TPSA) is 47.0 Å². The van der Waals surface area contributed by atoms with Gasteiger partial charge in [-0.3, -0.25) is 4.98 Å². The molecule has 98 valence electrons. The van der Waals surface area contributed by atoms with Crippen molar-refractivity contribution < 1.29 is 21.6 Å². The van der Waals surface area contributed by atoms with Gasteiger partial charge in [0.05, 0.1) is 10.4 Å². The molecule has 3 nitrogen and oxygen atoms in total. The van der Waals surface area contributed by atoms with Crippen LogP contribution in [0.2, 0.25) is 0 Å². The van der Waals surface area contributed by atoms with Crippen LogP contribution in [0.3, 0.4) is 0 Å². The van der Waals surface area contributed by atoms with E-state index in [9.17, 15) is 21.6 Å². The molecule has 0 aliphatic carbocycles. The van der Waals surface area contributed by atoms with E-state index in [0.717, 1.165) is 6.07 Å². The third kappa shape index (κ3) is 1.58. The minimum atomic E-state index is -5.38. The molecule has 4 rings (SSSR count). The Morgan fingerprint density at radius 2 is 1.79 bits per heavy atom. The van der Waals surface area contributed by atoms with Gasteiger partial charge in [0.15, 0.2) is 0 Å².